The summed E-state index contributed by atoms with van der Waals surface area (Å²) in [6.45, 7) is 4.35. The molecule has 2 heterocycles. The average molecular weight is 463 g/mol. The topological polar surface area (TPSA) is 67.2 Å². The third-order valence-corrected chi connectivity index (χ3v) is 6.67. The van der Waals surface area contributed by atoms with Crippen molar-refractivity contribution in [3.05, 3.63) is 57.5 Å². The van der Waals surface area contributed by atoms with Crippen LogP contribution in [0.3, 0.4) is 0 Å². The Morgan fingerprint density at radius 1 is 1.12 bits per heavy atom. The second kappa shape index (κ2) is 9.67. The zero-order valence-electron chi connectivity index (χ0n) is 18.7. The largest absolute Gasteiger partial charge is 0.418 e. The smallest absolute Gasteiger partial charge is 0.348 e. The zero-order chi connectivity index (χ0) is 23.6. The standard InChI is InChI=1S/C24H29F3N4O2/c1-16-14-21(32)22(29-31(16)20-9-5-4-8-19(20)24(25,26)27)23(33)28-18-10-12-30(13-11-18)15-17-6-2-3-7-17/h4-5,8-9,14,17-18H,2-3,6-7,10-13,15H2,1H3,(H,28,33). The van der Waals surface area contributed by atoms with Gasteiger partial charge in [-0.2, -0.15) is 18.3 Å². The Kier molecular flexibility index (Phi) is 6.88. The molecule has 0 bridgehead atoms. The third-order valence-electron chi connectivity index (χ3n) is 6.67. The Balaban J connectivity index is 1.48. The molecule has 1 aromatic carbocycles. The van der Waals surface area contributed by atoms with Crippen molar-refractivity contribution in [1.82, 2.24) is 20.0 Å². The van der Waals surface area contributed by atoms with Gasteiger partial charge in [0.25, 0.3) is 5.91 Å². The Hall–Kier alpha value is -2.68. The number of benzene rings is 1. The molecule has 1 amide bonds. The highest BCUT2D eigenvalue weighted by atomic mass is 19.4. The van der Waals surface area contributed by atoms with Gasteiger partial charge in [0.15, 0.2) is 5.69 Å². The van der Waals surface area contributed by atoms with E-state index < -0.39 is 28.8 Å². The fourth-order valence-corrected chi connectivity index (χ4v) is 4.92. The van der Waals surface area contributed by atoms with E-state index in [4.69, 9.17) is 0 Å². The number of halogens is 3. The Bertz CT molecular complexity index is 1050. The lowest BCUT2D eigenvalue weighted by Gasteiger charge is -2.33. The van der Waals surface area contributed by atoms with Gasteiger partial charge in [-0.25, -0.2) is 4.68 Å². The predicted octanol–water partition coefficient (Wildman–Crippen LogP) is 3.94. The van der Waals surface area contributed by atoms with Crippen molar-refractivity contribution in [2.75, 3.05) is 19.6 Å². The Morgan fingerprint density at radius 3 is 2.45 bits per heavy atom. The number of nitrogens with one attached hydrogen (secondary N) is 1. The van der Waals surface area contributed by atoms with Crippen LogP contribution in [-0.2, 0) is 6.18 Å². The Morgan fingerprint density at radius 2 is 1.79 bits per heavy atom. The molecule has 1 aromatic heterocycles. The molecule has 2 aliphatic rings. The van der Waals surface area contributed by atoms with Crippen molar-refractivity contribution in [3.63, 3.8) is 0 Å². The molecule has 0 unspecified atom stereocenters. The summed E-state index contributed by atoms with van der Waals surface area (Å²) >= 11 is 0. The molecule has 4 rings (SSSR count). The van der Waals surface area contributed by atoms with Gasteiger partial charge in [-0.15, -0.1) is 0 Å². The van der Waals surface area contributed by atoms with Crippen molar-refractivity contribution < 1.29 is 18.0 Å². The van der Waals surface area contributed by atoms with Crippen LogP contribution in [0.1, 0.15) is 60.3 Å². The minimum absolute atomic E-state index is 0.0873. The van der Waals surface area contributed by atoms with E-state index in [0.717, 1.165) is 55.2 Å². The molecule has 6 nitrogen and oxygen atoms in total. The lowest BCUT2D eigenvalue weighted by molar-refractivity contribution is -0.137. The summed E-state index contributed by atoms with van der Waals surface area (Å²) in [5.74, 6) is 0.124. The van der Waals surface area contributed by atoms with Crippen molar-refractivity contribution in [2.45, 2.75) is 57.7 Å². The first-order valence-electron chi connectivity index (χ1n) is 11.5. The summed E-state index contributed by atoms with van der Waals surface area (Å²) in [7, 11) is 0. The fourth-order valence-electron chi connectivity index (χ4n) is 4.92. The molecule has 9 heteroatoms. The molecule has 1 aliphatic heterocycles. The van der Waals surface area contributed by atoms with Crippen molar-refractivity contribution in [3.8, 4) is 5.69 Å². The highest BCUT2D eigenvalue weighted by Crippen LogP contribution is 2.33. The van der Waals surface area contributed by atoms with Gasteiger partial charge in [0.05, 0.1) is 11.3 Å². The summed E-state index contributed by atoms with van der Waals surface area (Å²) < 4.78 is 41.5. The number of hydrogen-bond donors (Lipinski definition) is 1. The number of alkyl halides is 3. The number of rotatable bonds is 5. The second-order valence-electron chi connectivity index (χ2n) is 9.12. The number of para-hydroxylation sites is 1. The molecule has 1 saturated carbocycles. The molecule has 1 saturated heterocycles. The number of hydrogen-bond acceptors (Lipinski definition) is 4. The van der Waals surface area contributed by atoms with Gasteiger partial charge < -0.3 is 10.2 Å². The summed E-state index contributed by atoms with van der Waals surface area (Å²) in [5.41, 5.74) is -1.90. The van der Waals surface area contributed by atoms with Crippen molar-refractivity contribution >= 4 is 5.91 Å². The monoisotopic (exact) mass is 462 g/mol. The van der Waals surface area contributed by atoms with Crippen molar-refractivity contribution in [2.24, 2.45) is 5.92 Å². The zero-order valence-corrected chi connectivity index (χ0v) is 18.7. The molecule has 1 N–H and O–H groups in total. The number of piperidine rings is 1. The highest BCUT2D eigenvalue weighted by Gasteiger charge is 2.34. The number of carbonyl (C=O) groups excluding carboxylic acids is 1. The van der Waals surface area contributed by atoms with Gasteiger partial charge >= 0.3 is 6.18 Å². The molecular formula is C24H29F3N4O2. The average Bonchev–Trinajstić information content (AvgIpc) is 3.27. The highest BCUT2D eigenvalue weighted by molar-refractivity contribution is 5.92. The van der Waals surface area contributed by atoms with Crippen LogP contribution >= 0.6 is 0 Å². The van der Waals surface area contributed by atoms with Crippen LogP contribution in [0.15, 0.2) is 35.1 Å². The molecule has 178 valence electrons. The number of carbonyl (C=O) groups is 1. The van der Waals surface area contributed by atoms with Gasteiger partial charge in [0, 0.05) is 37.4 Å². The third kappa shape index (κ3) is 5.46. The Labute approximate surface area is 190 Å². The number of aryl methyl sites for hydroxylation is 1. The van der Waals surface area contributed by atoms with Crippen molar-refractivity contribution in [1.29, 1.82) is 0 Å². The van der Waals surface area contributed by atoms with Gasteiger partial charge in [-0.05, 0) is 50.7 Å². The minimum Gasteiger partial charge on any atom is -0.348 e. The number of nitrogens with zero attached hydrogens (tertiary/aromatic N) is 3. The van der Waals surface area contributed by atoms with E-state index >= 15 is 0 Å². The summed E-state index contributed by atoms with van der Waals surface area (Å²) in [6, 6.07) is 6.04. The number of likely N-dealkylation sites (tertiary alicyclic amines) is 1. The van der Waals surface area contributed by atoms with Crippen LogP contribution in [0.5, 0.6) is 0 Å². The number of amides is 1. The first kappa shape index (κ1) is 23.5. The van der Waals surface area contributed by atoms with Gasteiger partial charge in [-0.3, -0.25) is 9.59 Å². The van der Waals surface area contributed by atoms with E-state index in [1.807, 2.05) is 0 Å². The first-order valence-corrected chi connectivity index (χ1v) is 11.5. The number of aromatic nitrogens is 2. The normalized spacial score (nSPS) is 18.5. The van der Waals surface area contributed by atoms with Crippen LogP contribution in [0, 0.1) is 12.8 Å². The minimum atomic E-state index is -4.59. The second-order valence-corrected chi connectivity index (χ2v) is 9.12. The van der Waals surface area contributed by atoms with E-state index in [1.54, 1.807) is 0 Å². The van der Waals surface area contributed by atoms with Crippen LogP contribution in [0.25, 0.3) is 5.69 Å². The predicted molar refractivity (Wildman–Crippen MR) is 118 cm³/mol. The molecule has 1 aliphatic carbocycles. The van der Waals surface area contributed by atoms with Crippen LogP contribution in [0.4, 0.5) is 13.2 Å². The van der Waals surface area contributed by atoms with Gasteiger partial charge in [-0.1, -0.05) is 25.0 Å². The van der Waals surface area contributed by atoms with E-state index in [2.05, 4.69) is 15.3 Å². The first-order chi connectivity index (χ1) is 15.7. The van der Waals surface area contributed by atoms with E-state index in [-0.39, 0.29) is 17.4 Å². The lowest BCUT2D eigenvalue weighted by atomic mass is 10.0. The van der Waals surface area contributed by atoms with Crippen LogP contribution < -0.4 is 10.7 Å². The quantitative estimate of drug-likeness (QED) is 0.731. The summed E-state index contributed by atoms with van der Waals surface area (Å²) in [4.78, 5) is 27.7. The van der Waals surface area contributed by atoms with Crippen LogP contribution in [0.2, 0.25) is 0 Å². The van der Waals surface area contributed by atoms with E-state index in [9.17, 15) is 22.8 Å². The molecule has 33 heavy (non-hydrogen) atoms. The molecule has 2 aromatic rings. The molecule has 0 radical (unpaired) electrons. The SMILES string of the molecule is Cc1cc(=O)c(C(=O)NC2CCN(CC3CCCC3)CC2)nn1-c1ccccc1C(F)(F)F. The van der Waals surface area contributed by atoms with E-state index in [1.165, 1.54) is 50.8 Å². The molecular weight excluding hydrogens is 433 g/mol. The molecule has 2 fully saturated rings. The summed E-state index contributed by atoms with van der Waals surface area (Å²) in [5, 5.41) is 6.92. The van der Waals surface area contributed by atoms with Gasteiger partial charge in [0.2, 0.25) is 5.43 Å². The fraction of sp³-hybridized carbons (Fsp3) is 0.542. The maximum absolute atomic E-state index is 13.5. The van der Waals surface area contributed by atoms with Crippen LogP contribution in [-0.4, -0.2) is 46.3 Å². The molecule has 0 atom stereocenters. The molecule has 0 spiro atoms. The maximum Gasteiger partial charge on any atom is 0.418 e. The van der Waals surface area contributed by atoms with Gasteiger partial charge in [0.1, 0.15) is 0 Å². The maximum atomic E-state index is 13.5. The lowest BCUT2D eigenvalue weighted by Crippen LogP contribution is -2.46. The summed E-state index contributed by atoms with van der Waals surface area (Å²) in [6.07, 6.45) is 2.16. The van der Waals surface area contributed by atoms with E-state index in [0.29, 0.717) is 0 Å².